The lowest BCUT2D eigenvalue weighted by atomic mass is 10.0. The summed E-state index contributed by atoms with van der Waals surface area (Å²) in [6, 6.07) is 20.5. The van der Waals surface area contributed by atoms with Crippen LogP contribution in [0.5, 0.6) is 5.88 Å². The summed E-state index contributed by atoms with van der Waals surface area (Å²) >= 11 is 0. The first kappa shape index (κ1) is 21.0. The van der Waals surface area contributed by atoms with Crippen LogP contribution in [0.1, 0.15) is 10.4 Å². The second-order valence-electron chi connectivity index (χ2n) is 6.37. The maximum Gasteiger partial charge on any atom is 0.251 e. The molecule has 0 unspecified atom stereocenters. The minimum absolute atomic E-state index is 0.175. The van der Waals surface area contributed by atoms with Crippen LogP contribution in [0.2, 0.25) is 0 Å². The Morgan fingerprint density at radius 2 is 1.63 bits per heavy atom. The highest BCUT2D eigenvalue weighted by Gasteiger charge is 2.11. The van der Waals surface area contributed by atoms with Gasteiger partial charge in [-0.05, 0) is 35.4 Å². The van der Waals surface area contributed by atoms with E-state index in [-0.39, 0.29) is 18.4 Å². The first-order valence-electron chi connectivity index (χ1n) is 9.47. The van der Waals surface area contributed by atoms with Gasteiger partial charge in [0, 0.05) is 18.9 Å². The average Bonchev–Trinajstić information content (AvgIpc) is 2.79. The van der Waals surface area contributed by atoms with E-state index in [0.29, 0.717) is 30.3 Å². The summed E-state index contributed by atoms with van der Waals surface area (Å²) < 4.78 is 10.4. The molecule has 0 saturated heterocycles. The van der Waals surface area contributed by atoms with Gasteiger partial charge in [-0.2, -0.15) is 0 Å². The zero-order valence-corrected chi connectivity index (χ0v) is 16.6. The Kier molecular flexibility index (Phi) is 7.51. The lowest BCUT2D eigenvalue weighted by Crippen LogP contribution is -2.33. The maximum atomic E-state index is 12.3. The molecule has 3 rings (SSSR count). The van der Waals surface area contributed by atoms with Crippen molar-refractivity contribution < 1.29 is 19.1 Å². The first-order valence-corrected chi connectivity index (χ1v) is 9.47. The third kappa shape index (κ3) is 5.89. The summed E-state index contributed by atoms with van der Waals surface area (Å²) in [7, 11) is 1.57. The number of rotatable bonds is 9. The fraction of sp³-hybridized carbons (Fsp3) is 0.174. The van der Waals surface area contributed by atoms with Crippen molar-refractivity contribution in [3.8, 4) is 17.0 Å². The van der Waals surface area contributed by atoms with E-state index in [9.17, 15) is 9.59 Å². The summed E-state index contributed by atoms with van der Waals surface area (Å²) in [5.74, 6) is -0.410. The molecule has 0 saturated carbocycles. The van der Waals surface area contributed by atoms with Gasteiger partial charge < -0.3 is 20.1 Å². The molecule has 0 bridgehead atoms. The highest BCUT2D eigenvalue weighted by atomic mass is 16.5. The van der Waals surface area contributed by atoms with Gasteiger partial charge in [0.15, 0.2) is 0 Å². The number of hydrogen-bond donors (Lipinski definition) is 2. The van der Waals surface area contributed by atoms with Crippen molar-refractivity contribution in [2.24, 2.45) is 0 Å². The van der Waals surface area contributed by atoms with E-state index in [1.54, 1.807) is 37.6 Å². The van der Waals surface area contributed by atoms with Crippen LogP contribution in [0.25, 0.3) is 11.1 Å². The molecule has 3 aromatic rings. The fourth-order valence-corrected chi connectivity index (χ4v) is 2.72. The number of amides is 2. The first-order chi connectivity index (χ1) is 14.7. The molecular formula is C23H23N3O4. The topological polar surface area (TPSA) is 89.6 Å². The Labute approximate surface area is 175 Å². The predicted octanol–water partition coefficient (Wildman–Crippen LogP) is 3.14. The molecule has 0 spiro atoms. The van der Waals surface area contributed by atoms with E-state index < -0.39 is 0 Å². The molecule has 0 aliphatic rings. The summed E-state index contributed by atoms with van der Waals surface area (Å²) in [4.78, 5) is 28.7. The molecule has 154 valence electrons. The van der Waals surface area contributed by atoms with Crippen molar-refractivity contribution in [3.05, 3.63) is 78.5 Å². The number of nitrogens with zero attached hydrogens (tertiary/aromatic N) is 1. The number of pyridine rings is 1. The molecule has 7 heteroatoms. The van der Waals surface area contributed by atoms with E-state index in [4.69, 9.17) is 9.47 Å². The van der Waals surface area contributed by atoms with Gasteiger partial charge in [0.25, 0.3) is 5.91 Å². The van der Waals surface area contributed by atoms with Crippen molar-refractivity contribution in [2.75, 3.05) is 32.2 Å². The van der Waals surface area contributed by atoms with Crippen LogP contribution in [-0.4, -0.2) is 43.7 Å². The number of ether oxygens (including phenoxy) is 2. The third-order valence-corrected chi connectivity index (χ3v) is 4.24. The quantitative estimate of drug-likeness (QED) is 0.534. The van der Waals surface area contributed by atoms with Crippen molar-refractivity contribution in [3.63, 3.8) is 0 Å². The second kappa shape index (κ2) is 10.7. The minimum atomic E-state index is -0.381. The Hall–Kier alpha value is -3.71. The number of carbonyl (C=O) groups excluding carboxylic acids is 2. The maximum absolute atomic E-state index is 12.3. The molecule has 1 heterocycles. The van der Waals surface area contributed by atoms with E-state index in [1.165, 1.54) is 0 Å². The smallest absolute Gasteiger partial charge is 0.251 e. The van der Waals surface area contributed by atoms with Gasteiger partial charge in [0.05, 0.1) is 13.2 Å². The molecule has 7 nitrogen and oxygen atoms in total. The molecular weight excluding hydrogens is 382 g/mol. The van der Waals surface area contributed by atoms with Gasteiger partial charge in [0.2, 0.25) is 11.8 Å². The Bertz CT molecular complexity index is 975. The molecule has 0 atom stereocenters. The number of hydrogen-bond acceptors (Lipinski definition) is 5. The lowest BCUT2D eigenvalue weighted by molar-refractivity contribution is -0.115. The van der Waals surface area contributed by atoms with E-state index >= 15 is 0 Å². The van der Waals surface area contributed by atoms with Crippen LogP contribution in [0.15, 0.2) is 72.9 Å². The summed E-state index contributed by atoms with van der Waals surface area (Å²) in [5, 5.41) is 5.31. The Morgan fingerprint density at radius 1 is 0.900 bits per heavy atom. The number of methoxy groups -OCH3 is 1. The summed E-state index contributed by atoms with van der Waals surface area (Å²) in [6.45, 7) is 0.543. The second-order valence-corrected chi connectivity index (χ2v) is 6.37. The molecule has 30 heavy (non-hydrogen) atoms. The van der Waals surface area contributed by atoms with Crippen LogP contribution in [0.4, 0.5) is 5.69 Å². The van der Waals surface area contributed by atoms with Gasteiger partial charge in [-0.3, -0.25) is 9.59 Å². The molecule has 0 aliphatic carbocycles. The van der Waals surface area contributed by atoms with Gasteiger partial charge >= 0.3 is 0 Å². The fourth-order valence-electron chi connectivity index (χ4n) is 2.72. The molecule has 2 aromatic carbocycles. The predicted molar refractivity (Wildman–Crippen MR) is 114 cm³/mol. The van der Waals surface area contributed by atoms with Crippen molar-refractivity contribution >= 4 is 17.5 Å². The van der Waals surface area contributed by atoms with Crippen molar-refractivity contribution in [1.82, 2.24) is 10.3 Å². The van der Waals surface area contributed by atoms with Crippen LogP contribution in [0.3, 0.4) is 0 Å². The average molecular weight is 405 g/mol. The van der Waals surface area contributed by atoms with Gasteiger partial charge in [-0.1, -0.05) is 42.5 Å². The highest BCUT2D eigenvalue weighted by molar-refractivity contribution is 5.99. The lowest BCUT2D eigenvalue weighted by Gasteiger charge is -2.11. The Balaban J connectivity index is 1.53. The highest BCUT2D eigenvalue weighted by Crippen LogP contribution is 2.21. The van der Waals surface area contributed by atoms with Crippen molar-refractivity contribution in [2.45, 2.75) is 0 Å². The Morgan fingerprint density at radius 3 is 2.37 bits per heavy atom. The van der Waals surface area contributed by atoms with E-state index in [0.717, 1.165) is 11.1 Å². The minimum Gasteiger partial charge on any atom is -0.474 e. The van der Waals surface area contributed by atoms with E-state index in [1.807, 2.05) is 42.5 Å². The number of anilines is 1. The van der Waals surface area contributed by atoms with E-state index in [2.05, 4.69) is 15.6 Å². The van der Waals surface area contributed by atoms with Crippen LogP contribution < -0.4 is 15.4 Å². The van der Waals surface area contributed by atoms with Crippen LogP contribution in [-0.2, 0) is 9.53 Å². The summed E-state index contributed by atoms with van der Waals surface area (Å²) in [5.41, 5.74) is 3.00. The van der Waals surface area contributed by atoms with Gasteiger partial charge in [-0.15, -0.1) is 0 Å². The number of aromatic nitrogens is 1. The standard InChI is InChI=1S/C23H23N3O4/c1-29-14-15-30-23-20(8-5-13-24-23)26-21(27)16-25-22(28)19-11-9-18(10-12-19)17-6-3-2-4-7-17/h2-13H,14-16H2,1H3,(H,25,28)(H,26,27). The van der Waals surface area contributed by atoms with Gasteiger partial charge in [-0.25, -0.2) is 4.98 Å². The zero-order valence-electron chi connectivity index (χ0n) is 16.6. The number of carbonyl (C=O) groups is 2. The number of nitrogens with one attached hydrogen (secondary N) is 2. The zero-order chi connectivity index (χ0) is 21.2. The molecule has 2 amide bonds. The van der Waals surface area contributed by atoms with Gasteiger partial charge in [0.1, 0.15) is 12.3 Å². The molecule has 0 fully saturated rings. The largest absolute Gasteiger partial charge is 0.474 e. The molecule has 2 N–H and O–H groups in total. The number of benzene rings is 2. The normalized spacial score (nSPS) is 10.3. The molecule has 1 aromatic heterocycles. The van der Waals surface area contributed by atoms with Crippen LogP contribution >= 0.6 is 0 Å². The summed E-state index contributed by atoms with van der Waals surface area (Å²) in [6.07, 6.45) is 1.57. The molecule has 0 radical (unpaired) electrons. The third-order valence-electron chi connectivity index (χ3n) is 4.24. The van der Waals surface area contributed by atoms with Crippen LogP contribution in [0, 0.1) is 0 Å². The molecule has 0 aliphatic heterocycles. The van der Waals surface area contributed by atoms with Crippen molar-refractivity contribution in [1.29, 1.82) is 0 Å². The SMILES string of the molecule is COCCOc1ncccc1NC(=O)CNC(=O)c1ccc(-c2ccccc2)cc1. The monoisotopic (exact) mass is 405 g/mol.